The van der Waals surface area contributed by atoms with E-state index in [4.69, 9.17) is 9.72 Å². The molecule has 3 heterocycles. The van der Waals surface area contributed by atoms with Crippen LogP contribution in [0.4, 0.5) is 5.82 Å². The third kappa shape index (κ3) is 2.12. The van der Waals surface area contributed by atoms with Crippen LogP contribution in [0.2, 0.25) is 0 Å². The van der Waals surface area contributed by atoms with Crippen LogP contribution >= 0.6 is 15.9 Å². The molecular formula is C13H16BrN3O. The van der Waals surface area contributed by atoms with Gasteiger partial charge in [-0.05, 0) is 18.6 Å². The predicted molar refractivity (Wildman–Crippen MR) is 75.5 cm³/mol. The molecule has 0 bridgehead atoms. The lowest BCUT2D eigenvalue weighted by Crippen LogP contribution is -2.27. The highest BCUT2D eigenvalue weighted by atomic mass is 79.9. The molecule has 1 saturated heterocycles. The molecule has 0 amide bonds. The molecule has 0 aliphatic carbocycles. The number of fused-ring (bicyclic) bond motifs is 1. The minimum absolute atomic E-state index is 0.787. The highest BCUT2D eigenvalue weighted by Crippen LogP contribution is 2.24. The summed E-state index contributed by atoms with van der Waals surface area (Å²) in [6.45, 7) is 3.58. The van der Waals surface area contributed by atoms with Crippen molar-refractivity contribution in [2.75, 3.05) is 31.2 Å². The predicted octanol–water partition coefficient (Wildman–Crippen LogP) is 2.46. The Kier molecular flexibility index (Phi) is 3.52. The number of hydrogen-bond donors (Lipinski definition) is 0. The molecule has 3 rings (SSSR count). The Morgan fingerprint density at radius 2 is 2.22 bits per heavy atom. The number of ether oxygens (including phenoxy) is 1. The SMILES string of the molecule is BrCc1c(N2CCCOCC2)nc2ccccn12. The molecular weight excluding hydrogens is 294 g/mol. The molecule has 4 nitrogen and oxygen atoms in total. The summed E-state index contributed by atoms with van der Waals surface area (Å²) in [5.41, 5.74) is 2.22. The molecule has 2 aromatic rings. The number of aromatic nitrogens is 2. The molecule has 18 heavy (non-hydrogen) atoms. The fourth-order valence-electron chi connectivity index (χ4n) is 2.37. The van der Waals surface area contributed by atoms with Gasteiger partial charge in [-0.25, -0.2) is 4.98 Å². The fourth-order valence-corrected chi connectivity index (χ4v) is 2.89. The highest BCUT2D eigenvalue weighted by Gasteiger charge is 2.18. The van der Waals surface area contributed by atoms with Crippen molar-refractivity contribution in [2.45, 2.75) is 11.8 Å². The number of halogens is 1. The quantitative estimate of drug-likeness (QED) is 0.798. The van der Waals surface area contributed by atoms with Crippen LogP contribution in [0, 0.1) is 0 Å². The van der Waals surface area contributed by atoms with Crippen molar-refractivity contribution in [3.8, 4) is 0 Å². The molecule has 1 aliphatic rings. The molecule has 0 spiro atoms. The molecule has 0 aromatic carbocycles. The van der Waals surface area contributed by atoms with Gasteiger partial charge in [0.1, 0.15) is 5.65 Å². The smallest absolute Gasteiger partial charge is 0.152 e. The lowest BCUT2D eigenvalue weighted by atomic mass is 10.3. The lowest BCUT2D eigenvalue weighted by Gasteiger charge is -2.20. The summed E-state index contributed by atoms with van der Waals surface area (Å²) in [6.07, 6.45) is 3.13. The minimum Gasteiger partial charge on any atom is -0.380 e. The van der Waals surface area contributed by atoms with E-state index in [-0.39, 0.29) is 0 Å². The third-order valence-corrected chi connectivity index (χ3v) is 3.79. The van der Waals surface area contributed by atoms with Gasteiger partial charge in [0.2, 0.25) is 0 Å². The number of hydrogen-bond acceptors (Lipinski definition) is 3. The average molecular weight is 310 g/mol. The zero-order valence-electron chi connectivity index (χ0n) is 10.2. The Bertz CT molecular complexity index is 532. The molecule has 5 heteroatoms. The first kappa shape index (κ1) is 12.0. The minimum atomic E-state index is 0.787. The second-order valence-electron chi connectivity index (χ2n) is 4.40. The first-order valence-corrected chi connectivity index (χ1v) is 7.37. The van der Waals surface area contributed by atoms with E-state index >= 15 is 0 Å². The van der Waals surface area contributed by atoms with E-state index in [1.165, 1.54) is 5.69 Å². The van der Waals surface area contributed by atoms with Crippen molar-refractivity contribution in [3.05, 3.63) is 30.1 Å². The molecule has 0 N–H and O–H groups in total. The van der Waals surface area contributed by atoms with Crippen molar-refractivity contribution < 1.29 is 4.74 Å². The van der Waals surface area contributed by atoms with E-state index in [0.717, 1.165) is 49.5 Å². The van der Waals surface area contributed by atoms with Crippen molar-refractivity contribution >= 4 is 27.4 Å². The van der Waals surface area contributed by atoms with Gasteiger partial charge in [0.15, 0.2) is 5.82 Å². The van der Waals surface area contributed by atoms with Gasteiger partial charge in [-0.3, -0.25) is 0 Å². The number of imidazole rings is 1. The standard InChI is InChI=1S/C13H16BrN3O/c14-10-11-13(16-5-3-8-18-9-7-16)15-12-4-1-2-6-17(11)12/h1-2,4,6H,3,5,7-10H2. The van der Waals surface area contributed by atoms with Crippen LogP contribution in [0.15, 0.2) is 24.4 Å². The third-order valence-electron chi connectivity index (χ3n) is 3.26. The second kappa shape index (κ2) is 5.28. The molecule has 96 valence electrons. The monoisotopic (exact) mass is 309 g/mol. The number of alkyl halides is 1. The van der Waals surface area contributed by atoms with E-state index in [9.17, 15) is 0 Å². The van der Waals surface area contributed by atoms with Gasteiger partial charge in [0.05, 0.1) is 12.3 Å². The number of rotatable bonds is 2. The summed E-state index contributed by atoms with van der Waals surface area (Å²) in [5.74, 6) is 1.09. The Hall–Kier alpha value is -1.07. The van der Waals surface area contributed by atoms with Gasteiger partial charge in [-0.1, -0.05) is 22.0 Å². The van der Waals surface area contributed by atoms with Gasteiger partial charge >= 0.3 is 0 Å². The van der Waals surface area contributed by atoms with E-state index in [0.29, 0.717) is 0 Å². The first-order valence-electron chi connectivity index (χ1n) is 6.25. The van der Waals surface area contributed by atoms with Crippen molar-refractivity contribution in [1.29, 1.82) is 0 Å². The largest absolute Gasteiger partial charge is 0.380 e. The maximum Gasteiger partial charge on any atom is 0.152 e. The van der Waals surface area contributed by atoms with Crippen molar-refractivity contribution in [2.24, 2.45) is 0 Å². The zero-order valence-corrected chi connectivity index (χ0v) is 11.8. The van der Waals surface area contributed by atoms with Crippen LogP contribution in [-0.4, -0.2) is 35.7 Å². The first-order chi connectivity index (χ1) is 8.90. The molecule has 1 aliphatic heterocycles. The van der Waals surface area contributed by atoms with Gasteiger partial charge in [-0.2, -0.15) is 0 Å². The normalized spacial score (nSPS) is 17.1. The van der Waals surface area contributed by atoms with Crippen LogP contribution < -0.4 is 4.90 Å². The van der Waals surface area contributed by atoms with E-state index in [2.05, 4.69) is 31.4 Å². The fraction of sp³-hybridized carbons (Fsp3) is 0.462. The van der Waals surface area contributed by atoms with E-state index in [1.54, 1.807) is 0 Å². The summed E-state index contributed by atoms with van der Waals surface area (Å²) in [4.78, 5) is 7.08. The van der Waals surface area contributed by atoms with Gasteiger partial charge in [-0.15, -0.1) is 0 Å². The molecule has 0 atom stereocenters. The van der Waals surface area contributed by atoms with Gasteiger partial charge in [0.25, 0.3) is 0 Å². The summed E-state index contributed by atoms with van der Waals surface area (Å²) in [7, 11) is 0. The van der Waals surface area contributed by atoms with Crippen molar-refractivity contribution in [3.63, 3.8) is 0 Å². The Morgan fingerprint density at radius 1 is 1.28 bits per heavy atom. The Balaban J connectivity index is 2.04. The Morgan fingerprint density at radius 3 is 3.11 bits per heavy atom. The number of anilines is 1. The average Bonchev–Trinajstić information content (AvgIpc) is 2.59. The molecule has 1 fully saturated rings. The second-order valence-corrected chi connectivity index (χ2v) is 4.96. The van der Waals surface area contributed by atoms with Gasteiger partial charge < -0.3 is 14.0 Å². The van der Waals surface area contributed by atoms with Crippen molar-refractivity contribution in [1.82, 2.24) is 9.38 Å². The lowest BCUT2D eigenvalue weighted by molar-refractivity contribution is 0.152. The van der Waals surface area contributed by atoms with Crippen LogP contribution in [0.3, 0.4) is 0 Å². The summed E-state index contributed by atoms with van der Waals surface area (Å²) < 4.78 is 7.65. The zero-order chi connectivity index (χ0) is 12.4. The summed E-state index contributed by atoms with van der Waals surface area (Å²) >= 11 is 3.58. The van der Waals surface area contributed by atoms with E-state index < -0.39 is 0 Å². The van der Waals surface area contributed by atoms with Crippen LogP contribution in [0.1, 0.15) is 12.1 Å². The van der Waals surface area contributed by atoms with E-state index in [1.807, 2.05) is 18.2 Å². The molecule has 0 saturated carbocycles. The van der Waals surface area contributed by atoms with Crippen LogP contribution in [-0.2, 0) is 10.1 Å². The number of nitrogens with zero attached hydrogens (tertiary/aromatic N) is 3. The molecule has 0 radical (unpaired) electrons. The maximum absolute atomic E-state index is 5.51. The highest BCUT2D eigenvalue weighted by molar-refractivity contribution is 9.08. The summed E-state index contributed by atoms with van der Waals surface area (Å²) in [6, 6.07) is 6.11. The topological polar surface area (TPSA) is 29.8 Å². The van der Waals surface area contributed by atoms with Gasteiger partial charge in [0, 0.05) is 31.2 Å². The molecule has 2 aromatic heterocycles. The number of pyridine rings is 1. The van der Waals surface area contributed by atoms with Crippen LogP contribution in [0.25, 0.3) is 5.65 Å². The summed E-state index contributed by atoms with van der Waals surface area (Å²) in [5, 5.41) is 0.810. The maximum atomic E-state index is 5.51. The van der Waals surface area contributed by atoms with Crippen LogP contribution in [0.5, 0.6) is 0 Å². The molecule has 0 unspecified atom stereocenters. The Labute approximate surface area is 115 Å².